The van der Waals surface area contributed by atoms with Gasteiger partial charge in [0.2, 0.25) is 0 Å². The molecule has 3 rings (SSSR count). The second-order valence-corrected chi connectivity index (χ2v) is 4.94. The Balaban J connectivity index is 2.22. The third-order valence-corrected chi connectivity index (χ3v) is 3.48. The Kier molecular flexibility index (Phi) is 3.77. The van der Waals surface area contributed by atoms with Crippen molar-refractivity contribution in [1.82, 2.24) is 9.55 Å². The number of aliphatic carboxylic acids is 1. The number of hydrogen-bond acceptors (Lipinski definition) is 2. The summed E-state index contributed by atoms with van der Waals surface area (Å²) in [5, 5.41) is 8.86. The molecule has 0 unspecified atom stereocenters. The molecule has 1 aromatic heterocycles. The molecular formula is C16H11F3N2O2. The Hall–Kier alpha value is -2.83. The van der Waals surface area contributed by atoms with Crippen molar-refractivity contribution in [3.05, 3.63) is 53.8 Å². The van der Waals surface area contributed by atoms with Crippen molar-refractivity contribution in [2.45, 2.75) is 13.0 Å². The molecule has 118 valence electrons. The number of aromatic nitrogens is 2. The highest BCUT2D eigenvalue weighted by molar-refractivity contribution is 5.81. The van der Waals surface area contributed by atoms with Crippen molar-refractivity contribution in [1.29, 1.82) is 0 Å². The summed E-state index contributed by atoms with van der Waals surface area (Å²) in [7, 11) is 0. The van der Waals surface area contributed by atoms with Gasteiger partial charge in [0.15, 0.2) is 17.5 Å². The highest BCUT2D eigenvalue weighted by Crippen LogP contribution is 2.29. The lowest BCUT2D eigenvalue weighted by Gasteiger charge is -2.09. The number of imidazole rings is 1. The number of carboxylic acids is 1. The Morgan fingerprint density at radius 3 is 2.57 bits per heavy atom. The van der Waals surface area contributed by atoms with Gasteiger partial charge in [-0.15, -0.1) is 0 Å². The topological polar surface area (TPSA) is 55.1 Å². The van der Waals surface area contributed by atoms with Crippen LogP contribution < -0.4 is 0 Å². The number of carbonyl (C=O) groups is 1. The molecule has 0 fully saturated rings. The highest BCUT2D eigenvalue weighted by atomic mass is 19.2. The van der Waals surface area contributed by atoms with Crippen LogP contribution in [0.25, 0.3) is 22.4 Å². The monoisotopic (exact) mass is 320 g/mol. The standard InChI is InChI=1S/C16H11F3N2O2/c17-10-6-5-9(14(18)15(10)19)16-20-11-3-1-2-4-12(11)21(16)8-7-13(22)23/h1-6H,7-8H2,(H,22,23). The van der Waals surface area contributed by atoms with Crippen LogP contribution in [0.4, 0.5) is 13.2 Å². The van der Waals surface area contributed by atoms with E-state index in [0.29, 0.717) is 11.0 Å². The fourth-order valence-electron chi connectivity index (χ4n) is 2.41. The largest absolute Gasteiger partial charge is 0.481 e. The number of halogens is 3. The predicted molar refractivity (Wildman–Crippen MR) is 77.3 cm³/mol. The Morgan fingerprint density at radius 2 is 1.83 bits per heavy atom. The Labute approximate surface area is 128 Å². The summed E-state index contributed by atoms with van der Waals surface area (Å²) in [5.41, 5.74) is 0.885. The first kappa shape index (κ1) is 15.1. The third-order valence-electron chi connectivity index (χ3n) is 3.48. The van der Waals surface area contributed by atoms with Crippen LogP contribution in [0.3, 0.4) is 0 Å². The zero-order chi connectivity index (χ0) is 16.6. The minimum absolute atomic E-state index is 0.0314. The molecule has 0 aliphatic heterocycles. The second kappa shape index (κ2) is 5.75. The molecule has 0 amide bonds. The van der Waals surface area contributed by atoms with E-state index in [-0.39, 0.29) is 24.4 Å². The maximum atomic E-state index is 14.1. The van der Waals surface area contributed by atoms with Gasteiger partial charge in [0.05, 0.1) is 23.0 Å². The Bertz CT molecular complexity index is 906. The lowest BCUT2D eigenvalue weighted by Crippen LogP contribution is -2.07. The van der Waals surface area contributed by atoms with E-state index in [0.717, 1.165) is 12.1 Å². The van der Waals surface area contributed by atoms with Crippen LogP contribution >= 0.6 is 0 Å². The first-order chi connectivity index (χ1) is 11.0. The van der Waals surface area contributed by atoms with Gasteiger partial charge in [-0.1, -0.05) is 12.1 Å². The van der Waals surface area contributed by atoms with Crippen LogP contribution in [0.1, 0.15) is 6.42 Å². The van der Waals surface area contributed by atoms with Gasteiger partial charge < -0.3 is 9.67 Å². The summed E-state index contributed by atoms with van der Waals surface area (Å²) < 4.78 is 42.2. The number of fused-ring (bicyclic) bond motifs is 1. The van der Waals surface area contributed by atoms with Gasteiger partial charge in [-0.2, -0.15) is 0 Å². The van der Waals surface area contributed by atoms with Gasteiger partial charge in [0, 0.05) is 6.54 Å². The first-order valence-electron chi connectivity index (χ1n) is 6.80. The molecule has 0 saturated carbocycles. The summed E-state index contributed by atoms with van der Waals surface area (Å²) in [6.45, 7) is 0.0314. The van der Waals surface area contributed by atoms with E-state index in [9.17, 15) is 18.0 Å². The number of carboxylic acid groups (broad SMARTS) is 1. The lowest BCUT2D eigenvalue weighted by atomic mass is 10.2. The molecule has 4 nitrogen and oxygen atoms in total. The van der Waals surface area contributed by atoms with E-state index < -0.39 is 23.4 Å². The molecule has 1 N–H and O–H groups in total. The number of rotatable bonds is 4. The van der Waals surface area contributed by atoms with Crippen molar-refractivity contribution in [3.8, 4) is 11.4 Å². The van der Waals surface area contributed by atoms with E-state index in [1.807, 2.05) is 0 Å². The second-order valence-electron chi connectivity index (χ2n) is 4.94. The van der Waals surface area contributed by atoms with Crippen LogP contribution in [0.2, 0.25) is 0 Å². The minimum Gasteiger partial charge on any atom is -0.481 e. The van der Waals surface area contributed by atoms with Crippen molar-refractivity contribution < 1.29 is 23.1 Å². The van der Waals surface area contributed by atoms with Gasteiger partial charge in [-0.3, -0.25) is 4.79 Å². The zero-order valence-electron chi connectivity index (χ0n) is 11.8. The van der Waals surface area contributed by atoms with E-state index in [4.69, 9.17) is 5.11 Å². The van der Waals surface area contributed by atoms with Crippen LogP contribution in [-0.2, 0) is 11.3 Å². The smallest absolute Gasteiger partial charge is 0.305 e. The van der Waals surface area contributed by atoms with Gasteiger partial charge >= 0.3 is 5.97 Å². The van der Waals surface area contributed by atoms with Gasteiger partial charge in [0.1, 0.15) is 5.82 Å². The Morgan fingerprint density at radius 1 is 1.09 bits per heavy atom. The van der Waals surface area contributed by atoms with Gasteiger partial charge in [0.25, 0.3) is 0 Å². The molecule has 1 heterocycles. The SMILES string of the molecule is O=C(O)CCn1c(-c2ccc(F)c(F)c2F)nc2ccccc21. The summed E-state index contributed by atoms with van der Waals surface area (Å²) in [6.07, 6.45) is -0.210. The van der Waals surface area contributed by atoms with Crippen molar-refractivity contribution >= 4 is 17.0 Å². The summed E-state index contributed by atoms with van der Waals surface area (Å²) in [5.74, 6) is -5.20. The molecule has 0 spiro atoms. The maximum absolute atomic E-state index is 14.1. The number of para-hydroxylation sites is 2. The van der Waals surface area contributed by atoms with E-state index >= 15 is 0 Å². The normalized spacial score (nSPS) is 11.1. The molecule has 0 aliphatic rings. The summed E-state index contributed by atoms with van der Waals surface area (Å²) in [6, 6.07) is 8.73. The highest BCUT2D eigenvalue weighted by Gasteiger charge is 2.20. The van der Waals surface area contributed by atoms with Crippen LogP contribution in [0.15, 0.2) is 36.4 Å². The molecule has 7 heteroatoms. The summed E-state index contributed by atoms with van der Waals surface area (Å²) in [4.78, 5) is 15.1. The van der Waals surface area contributed by atoms with Crippen molar-refractivity contribution in [2.24, 2.45) is 0 Å². The molecule has 0 saturated heterocycles. The molecule has 2 aromatic carbocycles. The van der Waals surface area contributed by atoms with E-state index in [2.05, 4.69) is 4.98 Å². The molecular weight excluding hydrogens is 309 g/mol. The van der Waals surface area contributed by atoms with Crippen molar-refractivity contribution in [3.63, 3.8) is 0 Å². The fourth-order valence-corrected chi connectivity index (χ4v) is 2.41. The fraction of sp³-hybridized carbons (Fsp3) is 0.125. The molecule has 0 aliphatic carbocycles. The van der Waals surface area contributed by atoms with Gasteiger partial charge in [-0.25, -0.2) is 18.2 Å². The van der Waals surface area contributed by atoms with Crippen LogP contribution in [0.5, 0.6) is 0 Å². The zero-order valence-corrected chi connectivity index (χ0v) is 11.8. The maximum Gasteiger partial charge on any atom is 0.305 e. The van der Waals surface area contributed by atoms with Gasteiger partial charge in [-0.05, 0) is 24.3 Å². The van der Waals surface area contributed by atoms with Crippen LogP contribution in [-0.4, -0.2) is 20.6 Å². The predicted octanol–water partition coefficient (Wildman–Crippen LogP) is 3.60. The third kappa shape index (κ3) is 2.65. The lowest BCUT2D eigenvalue weighted by molar-refractivity contribution is -0.137. The number of nitrogens with zero attached hydrogens (tertiary/aromatic N) is 2. The molecule has 0 atom stereocenters. The molecule has 3 aromatic rings. The number of hydrogen-bond donors (Lipinski definition) is 1. The number of benzene rings is 2. The molecule has 0 bridgehead atoms. The average molecular weight is 320 g/mol. The average Bonchev–Trinajstić information content (AvgIpc) is 2.89. The molecule has 0 radical (unpaired) electrons. The van der Waals surface area contributed by atoms with Crippen molar-refractivity contribution in [2.75, 3.05) is 0 Å². The molecule has 23 heavy (non-hydrogen) atoms. The summed E-state index contributed by atoms with van der Waals surface area (Å²) >= 11 is 0. The van der Waals surface area contributed by atoms with E-state index in [1.165, 1.54) is 4.57 Å². The quantitative estimate of drug-likeness (QED) is 0.747. The minimum atomic E-state index is -1.58. The van der Waals surface area contributed by atoms with E-state index in [1.54, 1.807) is 24.3 Å². The first-order valence-corrected chi connectivity index (χ1v) is 6.80. The number of aryl methyl sites for hydroxylation is 1. The van der Waals surface area contributed by atoms with Crippen LogP contribution in [0, 0.1) is 17.5 Å².